The molecule has 3 atom stereocenters. The standard InChI is InChI=1S/C26H33N5OS/c1-6-22(29(4)5)24-27-28-26(30(24)17-20-12-8-7-9-13-20)33-19(3)25(32)31-18(2)16-21-14-10-11-15-23(21)31/h7-15,18-19,22H,6,16-17H2,1-5H3/t18-,19-,22+/m0/s1. The van der Waals surface area contributed by atoms with E-state index >= 15 is 0 Å². The second-order valence-corrected chi connectivity index (χ2v) is 10.3. The number of nitrogens with zero attached hydrogens (tertiary/aromatic N) is 5. The van der Waals surface area contributed by atoms with Crippen LogP contribution in [0.5, 0.6) is 0 Å². The number of carbonyl (C=O) groups is 1. The average Bonchev–Trinajstić information content (AvgIpc) is 3.34. The lowest BCUT2D eigenvalue weighted by molar-refractivity contribution is -0.118. The smallest absolute Gasteiger partial charge is 0.240 e. The van der Waals surface area contributed by atoms with Gasteiger partial charge >= 0.3 is 0 Å². The zero-order chi connectivity index (χ0) is 23.5. The topological polar surface area (TPSA) is 54.3 Å². The van der Waals surface area contributed by atoms with Crippen LogP contribution in [-0.2, 0) is 17.8 Å². The molecule has 0 saturated heterocycles. The van der Waals surface area contributed by atoms with E-state index < -0.39 is 0 Å². The van der Waals surface area contributed by atoms with Crippen molar-refractivity contribution in [1.82, 2.24) is 19.7 Å². The predicted octanol–water partition coefficient (Wildman–Crippen LogP) is 4.80. The highest BCUT2D eigenvalue weighted by Crippen LogP contribution is 2.35. The Morgan fingerprint density at radius 1 is 1.12 bits per heavy atom. The van der Waals surface area contributed by atoms with Crippen LogP contribution >= 0.6 is 11.8 Å². The molecule has 1 aliphatic heterocycles. The molecule has 6 nitrogen and oxygen atoms in total. The van der Waals surface area contributed by atoms with Gasteiger partial charge < -0.3 is 9.47 Å². The summed E-state index contributed by atoms with van der Waals surface area (Å²) in [5, 5.41) is 9.66. The largest absolute Gasteiger partial charge is 0.308 e. The van der Waals surface area contributed by atoms with Crippen LogP contribution in [0.15, 0.2) is 59.8 Å². The van der Waals surface area contributed by atoms with Crippen molar-refractivity contribution < 1.29 is 4.79 Å². The van der Waals surface area contributed by atoms with Crippen LogP contribution in [0.1, 0.15) is 50.2 Å². The van der Waals surface area contributed by atoms with Crippen molar-refractivity contribution in [3.05, 3.63) is 71.5 Å². The Balaban J connectivity index is 1.62. The first-order valence-corrected chi connectivity index (χ1v) is 12.5. The maximum atomic E-state index is 13.5. The number of anilines is 1. The summed E-state index contributed by atoms with van der Waals surface area (Å²) in [6.45, 7) is 6.94. The Morgan fingerprint density at radius 2 is 1.82 bits per heavy atom. The molecule has 3 aromatic rings. The maximum absolute atomic E-state index is 13.5. The first-order valence-electron chi connectivity index (χ1n) is 11.6. The second kappa shape index (κ2) is 10.1. The van der Waals surface area contributed by atoms with E-state index in [-0.39, 0.29) is 23.2 Å². The monoisotopic (exact) mass is 463 g/mol. The van der Waals surface area contributed by atoms with E-state index in [2.05, 4.69) is 65.8 Å². The molecule has 2 heterocycles. The number of hydrogen-bond donors (Lipinski definition) is 0. The number of benzene rings is 2. The highest BCUT2D eigenvalue weighted by atomic mass is 32.2. The van der Waals surface area contributed by atoms with Crippen LogP contribution in [0, 0.1) is 0 Å². The molecule has 0 saturated carbocycles. The van der Waals surface area contributed by atoms with Crippen molar-refractivity contribution in [2.45, 2.75) is 62.6 Å². The van der Waals surface area contributed by atoms with Crippen LogP contribution < -0.4 is 4.90 Å². The molecule has 0 bridgehead atoms. The predicted molar refractivity (Wildman–Crippen MR) is 135 cm³/mol. The molecule has 1 amide bonds. The van der Waals surface area contributed by atoms with E-state index in [9.17, 15) is 4.79 Å². The van der Waals surface area contributed by atoms with Crippen molar-refractivity contribution in [3.8, 4) is 0 Å². The van der Waals surface area contributed by atoms with Gasteiger partial charge in [0, 0.05) is 11.7 Å². The minimum Gasteiger partial charge on any atom is -0.308 e. The number of rotatable bonds is 8. The fourth-order valence-electron chi connectivity index (χ4n) is 4.63. The van der Waals surface area contributed by atoms with Gasteiger partial charge in [-0.25, -0.2) is 0 Å². The van der Waals surface area contributed by atoms with Crippen LogP contribution in [0.4, 0.5) is 5.69 Å². The van der Waals surface area contributed by atoms with Crippen molar-refractivity contribution in [1.29, 1.82) is 0 Å². The molecule has 4 rings (SSSR count). The molecule has 1 aliphatic rings. The Kier molecular flexibility index (Phi) is 7.20. The van der Waals surface area contributed by atoms with E-state index in [1.807, 2.05) is 48.2 Å². The van der Waals surface area contributed by atoms with Gasteiger partial charge in [-0.3, -0.25) is 9.69 Å². The molecule has 33 heavy (non-hydrogen) atoms. The number of aromatic nitrogens is 3. The van der Waals surface area contributed by atoms with Gasteiger partial charge in [-0.05, 0) is 58.0 Å². The number of amides is 1. The molecule has 0 spiro atoms. The van der Waals surface area contributed by atoms with Gasteiger partial charge in [0.15, 0.2) is 11.0 Å². The molecule has 0 aliphatic carbocycles. The molecule has 0 radical (unpaired) electrons. The minimum atomic E-state index is -0.274. The van der Waals surface area contributed by atoms with Crippen LogP contribution in [0.25, 0.3) is 0 Å². The van der Waals surface area contributed by atoms with Gasteiger partial charge in [0.1, 0.15) is 0 Å². The summed E-state index contributed by atoms with van der Waals surface area (Å²) < 4.78 is 2.18. The summed E-state index contributed by atoms with van der Waals surface area (Å²) in [5.41, 5.74) is 3.46. The van der Waals surface area contributed by atoms with Crippen molar-refractivity contribution in [2.24, 2.45) is 0 Å². The fourth-order valence-corrected chi connectivity index (χ4v) is 5.54. The summed E-state index contributed by atoms with van der Waals surface area (Å²) in [5.74, 6) is 1.06. The summed E-state index contributed by atoms with van der Waals surface area (Å²) in [6, 6.07) is 18.9. The van der Waals surface area contributed by atoms with Crippen molar-refractivity contribution >= 4 is 23.4 Å². The molecular formula is C26H33N5OS. The number of para-hydroxylation sites is 1. The third kappa shape index (κ3) is 4.84. The lowest BCUT2D eigenvalue weighted by atomic mass is 10.1. The van der Waals surface area contributed by atoms with E-state index in [0.29, 0.717) is 6.54 Å². The lowest BCUT2D eigenvalue weighted by Gasteiger charge is -2.26. The lowest BCUT2D eigenvalue weighted by Crippen LogP contribution is -2.40. The normalized spacial score (nSPS) is 17.3. The quantitative estimate of drug-likeness (QED) is 0.449. The third-order valence-corrected chi connectivity index (χ3v) is 7.38. The zero-order valence-electron chi connectivity index (χ0n) is 20.1. The summed E-state index contributed by atoms with van der Waals surface area (Å²) in [6.07, 6.45) is 1.83. The van der Waals surface area contributed by atoms with E-state index in [1.54, 1.807) is 0 Å². The summed E-state index contributed by atoms with van der Waals surface area (Å²) >= 11 is 1.50. The van der Waals surface area contributed by atoms with Gasteiger partial charge in [0.25, 0.3) is 0 Å². The van der Waals surface area contributed by atoms with E-state index in [1.165, 1.54) is 22.9 Å². The fraction of sp³-hybridized carbons (Fsp3) is 0.423. The van der Waals surface area contributed by atoms with Gasteiger partial charge in [-0.1, -0.05) is 67.2 Å². The van der Waals surface area contributed by atoms with Crippen LogP contribution in [0.2, 0.25) is 0 Å². The first kappa shape index (κ1) is 23.5. The third-order valence-electron chi connectivity index (χ3n) is 6.31. The van der Waals surface area contributed by atoms with E-state index in [4.69, 9.17) is 0 Å². The van der Waals surface area contributed by atoms with Crippen molar-refractivity contribution in [3.63, 3.8) is 0 Å². The Hall–Kier alpha value is -2.64. The van der Waals surface area contributed by atoms with Gasteiger partial charge in [-0.2, -0.15) is 0 Å². The molecule has 0 fully saturated rings. The molecule has 1 aromatic heterocycles. The summed E-state index contributed by atoms with van der Waals surface area (Å²) in [4.78, 5) is 17.7. The minimum absolute atomic E-state index is 0.118. The number of hydrogen-bond acceptors (Lipinski definition) is 5. The highest BCUT2D eigenvalue weighted by Gasteiger charge is 2.34. The zero-order valence-corrected chi connectivity index (χ0v) is 20.9. The van der Waals surface area contributed by atoms with Crippen LogP contribution in [-0.4, -0.2) is 51.0 Å². The SMILES string of the molecule is CC[C@H](c1nnc(S[C@@H](C)C(=O)N2c3ccccc3C[C@@H]2C)n1Cc1ccccc1)N(C)C. The number of fused-ring (bicyclic) bond motifs is 1. The average molecular weight is 464 g/mol. The Labute approximate surface area is 201 Å². The van der Waals surface area contributed by atoms with Crippen molar-refractivity contribution in [2.75, 3.05) is 19.0 Å². The molecular weight excluding hydrogens is 430 g/mol. The Bertz CT molecular complexity index is 1100. The second-order valence-electron chi connectivity index (χ2n) is 8.95. The maximum Gasteiger partial charge on any atom is 0.240 e. The van der Waals surface area contributed by atoms with Gasteiger partial charge in [0.05, 0.1) is 17.8 Å². The first-order chi connectivity index (χ1) is 15.9. The highest BCUT2D eigenvalue weighted by molar-refractivity contribution is 8.00. The molecule has 2 aromatic carbocycles. The number of carbonyl (C=O) groups excluding carboxylic acids is 1. The molecule has 174 valence electrons. The van der Waals surface area contributed by atoms with Gasteiger partial charge in [-0.15, -0.1) is 10.2 Å². The molecule has 0 N–H and O–H groups in total. The molecule has 0 unspecified atom stereocenters. The summed E-state index contributed by atoms with van der Waals surface area (Å²) in [7, 11) is 4.14. The van der Waals surface area contributed by atoms with E-state index in [0.717, 1.165) is 29.5 Å². The number of thioether (sulfide) groups is 1. The molecule has 7 heteroatoms. The van der Waals surface area contributed by atoms with Crippen LogP contribution in [0.3, 0.4) is 0 Å². The van der Waals surface area contributed by atoms with Gasteiger partial charge in [0.2, 0.25) is 5.91 Å². The Morgan fingerprint density at radius 3 is 2.52 bits per heavy atom.